The van der Waals surface area contributed by atoms with Gasteiger partial charge in [0, 0.05) is 24.7 Å². The summed E-state index contributed by atoms with van der Waals surface area (Å²) >= 11 is 0. The summed E-state index contributed by atoms with van der Waals surface area (Å²) in [6, 6.07) is 0.369. The van der Waals surface area contributed by atoms with Gasteiger partial charge in [0.25, 0.3) is 0 Å². The minimum Gasteiger partial charge on any atom is -0.352 e. The summed E-state index contributed by atoms with van der Waals surface area (Å²) in [5, 5.41) is 6.40. The molecule has 0 aromatic carbocycles. The van der Waals surface area contributed by atoms with Crippen molar-refractivity contribution in [1.29, 1.82) is 0 Å². The third-order valence-corrected chi connectivity index (χ3v) is 4.22. The van der Waals surface area contributed by atoms with Crippen LogP contribution in [0.3, 0.4) is 0 Å². The second kappa shape index (κ2) is 6.23. The van der Waals surface area contributed by atoms with Gasteiger partial charge in [-0.15, -0.1) is 0 Å². The highest BCUT2D eigenvalue weighted by atomic mass is 16.1. The van der Waals surface area contributed by atoms with E-state index >= 15 is 0 Å². The van der Waals surface area contributed by atoms with Crippen LogP contribution in [-0.4, -0.2) is 48.6 Å². The minimum atomic E-state index is 0.162. The number of likely N-dealkylation sites (tertiary alicyclic amines) is 1. The number of amides is 1. The first-order chi connectivity index (χ1) is 8.95. The van der Waals surface area contributed by atoms with E-state index in [2.05, 4.69) is 36.3 Å². The molecule has 2 fully saturated rings. The van der Waals surface area contributed by atoms with Crippen LogP contribution >= 0.6 is 0 Å². The van der Waals surface area contributed by atoms with E-state index < -0.39 is 0 Å². The van der Waals surface area contributed by atoms with Crippen LogP contribution < -0.4 is 10.6 Å². The van der Waals surface area contributed by atoms with E-state index in [0.29, 0.717) is 12.6 Å². The first-order valence-corrected chi connectivity index (χ1v) is 7.70. The normalized spacial score (nSPS) is 22.5. The molecule has 0 radical (unpaired) electrons. The SMILES string of the molecule is CC(C)(C)N1CCC(NC(=O)CNCC2CC2)CC1. The summed E-state index contributed by atoms with van der Waals surface area (Å²) in [5.74, 6) is 0.998. The Morgan fingerprint density at radius 3 is 2.32 bits per heavy atom. The van der Waals surface area contributed by atoms with Gasteiger partial charge in [-0.2, -0.15) is 0 Å². The molecule has 0 bridgehead atoms. The zero-order valence-corrected chi connectivity index (χ0v) is 12.7. The van der Waals surface area contributed by atoms with Crippen LogP contribution in [0.15, 0.2) is 0 Å². The molecule has 19 heavy (non-hydrogen) atoms. The van der Waals surface area contributed by atoms with Crippen LogP contribution in [-0.2, 0) is 4.79 Å². The quantitative estimate of drug-likeness (QED) is 0.790. The van der Waals surface area contributed by atoms with Crippen molar-refractivity contribution in [2.45, 2.75) is 58.0 Å². The Balaban J connectivity index is 1.60. The van der Waals surface area contributed by atoms with E-state index in [1.54, 1.807) is 0 Å². The molecule has 1 amide bonds. The zero-order valence-electron chi connectivity index (χ0n) is 12.7. The van der Waals surface area contributed by atoms with Crippen molar-refractivity contribution in [3.05, 3.63) is 0 Å². The van der Waals surface area contributed by atoms with Crippen molar-refractivity contribution < 1.29 is 4.79 Å². The van der Waals surface area contributed by atoms with Gasteiger partial charge < -0.3 is 10.6 Å². The number of nitrogens with zero attached hydrogens (tertiary/aromatic N) is 1. The highest BCUT2D eigenvalue weighted by Gasteiger charge is 2.27. The molecule has 1 saturated heterocycles. The Hall–Kier alpha value is -0.610. The number of nitrogens with one attached hydrogen (secondary N) is 2. The van der Waals surface area contributed by atoms with Gasteiger partial charge in [0.05, 0.1) is 6.54 Å². The molecule has 110 valence electrons. The van der Waals surface area contributed by atoms with Gasteiger partial charge in [-0.25, -0.2) is 0 Å². The van der Waals surface area contributed by atoms with Crippen molar-refractivity contribution in [2.24, 2.45) is 5.92 Å². The van der Waals surface area contributed by atoms with Crippen LogP contribution in [0.1, 0.15) is 46.5 Å². The van der Waals surface area contributed by atoms with Crippen LogP contribution in [0, 0.1) is 5.92 Å². The number of piperidine rings is 1. The lowest BCUT2D eigenvalue weighted by Gasteiger charge is -2.41. The summed E-state index contributed by atoms with van der Waals surface area (Å²) in [7, 11) is 0. The van der Waals surface area contributed by atoms with Crippen molar-refractivity contribution in [2.75, 3.05) is 26.2 Å². The average Bonchev–Trinajstić information content (AvgIpc) is 3.12. The molecule has 1 aliphatic heterocycles. The molecule has 2 aliphatic rings. The maximum absolute atomic E-state index is 11.8. The second-order valence-electron chi connectivity index (χ2n) is 7.07. The van der Waals surface area contributed by atoms with Crippen molar-refractivity contribution in [1.82, 2.24) is 15.5 Å². The van der Waals surface area contributed by atoms with Gasteiger partial charge >= 0.3 is 0 Å². The fourth-order valence-corrected chi connectivity index (χ4v) is 2.69. The fourth-order valence-electron chi connectivity index (χ4n) is 2.69. The van der Waals surface area contributed by atoms with E-state index in [1.165, 1.54) is 12.8 Å². The van der Waals surface area contributed by atoms with E-state index in [0.717, 1.165) is 38.4 Å². The van der Waals surface area contributed by atoms with Crippen LogP contribution in [0.4, 0.5) is 0 Å². The summed E-state index contributed by atoms with van der Waals surface area (Å²) in [5.41, 5.74) is 0.251. The fraction of sp³-hybridized carbons (Fsp3) is 0.933. The van der Waals surface area contributed by atoms with E-state index in [-0.39, 0.29) is 11.4 Å². The molecular weight excluding hydrogens is 238 g/mol. The van der Waals surface area contributed by atoms with Crippen LogP contribution in [0.2, 0.25) is 0 Å². The molecule has 0 spiro atoms. The molecule has 4 heteroatoms. The highest BCUT2D eigenvalue weighted by Crippen LogP contribution is 2.27. The van der Waals surface area contributed by atoms with Gasteiger partial charge in [-0.3, -0.25) is 9.69 Å². The number of rotatable bonds is 5. The Kier molecular flexibility index (Phi) is 4.85. The molecule has 1 aliphatic carbocycles. The van der Waals surface area contributed by atoms with E-state index in [4.69, 9.17) is 0 Å². The summed E-state index contributed by atoms with van der Waals surface area (Å²) in [6.45, 7) is 10.4. The van der Waals surface area contributed by atoms with Gasteiger partial charge in [-0.1, -0.05) is 0 Å². The maximum atomic E-state index is 11.8. The topological polar surface area (TPSA) is 44.4 Å². The van der Waals surface area contributed by atoms with E-state index in [1.807, 2.05) is 0 Å². The molecule has 2 N–H and O–H groups in total. The Labute approximate surface area is 117 Å². The number of carbonyl (C=O) groups excluding carboxylic acids is 1. The second-order valence-corrected chi connectivity index (χ2v) is 7.07. The molecule has 0 aromatic heterocycles. The largest absolute Gasteiger partial charge is 0.352 e. The van der Waals surface area contributed by atoms with Gasteiger partial charge in [-0.05, 0) is 58.9 Å². The number of hydrogen-bond donors (Lipinski definition) is 2. The molecular formula is C15H29N3O. The summed E-state index contributed by atoms with van der Waals surface area (Å²) < 4.78 is 0. The molecule has 2 rings (SSSR count). The lowest BCUT2D eigenvalue weighted by atomic mass is 9.98. The third-order valence-electron chi connectivity index (χ3n) is 4.22. The molecule has 1 heterocycles. The predicted octanol–water partition coefficient (Wildman–Crippen LogP) is 1.37. The molecule has 1 saturated carbocycles. The Morgan fingerprint density at radius 1 is 1.16 bits per heavy atom. The van der Waals surface area contributed by atoms with Crippen molar-refractivity contribution in [3.63, 3.8) is 0 Å². The van der Waals surface area contributed by atoms with Gasteiger partial charge in [0.2, 0.25) is 5.91 Å². The minimum absolute atomic E-state index is 0.162. The molecule has 0 atom stereocenters. The third kappa shape index (κ3) is 5.11. The number of hydrogen-bond acceptors (Lipinski definition) is 3. The van der Waals surface area contributed by atoms with Gasteiger partial charge in [0.1, 0.15) is 0 Å². The monoisotopic (exact) mass is 267 g/mol. The summed E-state index contributed by atoms with van der Waals surface area (Å²) in [6.07, 6.45) is 4.82. The number of carbonyl (C=O) groups is 1. The first kappa shape index (κ1) is 14.8. The van der Waals surface area contributed by atoms with Crippen LogP contribution in [0.5, 0.6) is 0 Å². The smallest absolute Gasteiger partial charge is 0.234 e. The lowest BCUT2D eigenvalue weighted by molar-refractivity contribution is -0.121. The van der Waals surface area contributed by atoms with E-state index in [9.17, 15) is 4.79 Å². The van der Waals surface area contributed by atoms with Crippen LogP contribution in [0.25, 0.3) is 0 Å². The average molecular weight is 267 g/mol. The lowest BCUT2D eigenvalue weighted by Crippen LogP contribution is -2.51. The molecule has 0 unspecified atom stereocenters. The summed E-state index contributed by atoms with van der Waals surface area (Å²) in [4.78, 5) is 14.3. The van der Waals surface area contributed by atoms with Crippen molar-refractivity contribution >= 4 is 5.91 Å². The highest BCUT2D eigenvalue weighted by molar-refractivity contribution is 5.78. The van der Waals surface area contributed by atoms with Gasteiger partial charge in [0.15, 0.2) is 0 Å². The molecule has 0 aromatic rings. The maximum Gasteiger partial charge on any atom is 0.234 e. The zero-order chi connectivity index (χ0) is 13.9. The Morgan fingerprint density at radius 2 is 1.79 bits per heavy atom. The predicted molar refractivity (Wildman–Crippen MR) is 78.1 cm³/mol. The first-order valence-electron chi connectivity index (χ1n) is 7.70. The standard InChI is InChI=1S/C15H29N3O/c1-15(2,3)18-8-6-13(7-9-18)17-14(19)11-16-10-12-4-5-12/h12-13,16H,4-11H2,1-3H3,(H,17,19). The Bertz CT molecular complexity index is 299. The van der Waals surface area contributed by atoms with Crippen molar-refractivity contribution in [3.8, 4) is 0 Å². The molecule has 4 nitrogen and oxygen atoms in total.